The quantitative estimate of drug-likeness (QED) is 0.794. The maximum Gasteiger partial charge on any atom is 0.0480 e. The SMILES string of the molecule is CC(CNC1CCOCC1)CN1CCCCC1. The van der Waals surface area contributed by atoms with Crippen LogP contribution in [0.2, 0.25) is 0 Å². The van der Waals surface area contributed by atoms with Gasteiger partial charge < -0.3 is 15.0 Å². The number of likely N-dealkylation sites (tertiary alicyclic amines) is 1. The highest BCUT2D eigenvalue weighted by molar-refractivity contribution is 4.73. The third kappa shape index (κ3) is 4.94. The molecule has 100 valence electrons. The monoisotopic (exact) mass is 240 g/mol. The fourth-order valence-electron chi connectivity index (χ4n) is 2.92. The topological polar surface area (TPSA) is 24.5 Å². The lowest BCUT2D eigenvalue weighted by Gasteiger charge is -2.30. The molecule has 2 rings (SSSR count). The molecule has 0 aliphatic carbocycles. The van der Waals surface area contributed by atoms with Crippen LogP contribution in [-0.4, -0.2) is 50.3 Å². The molecule has 0 bridgehead atoms. The minimum atomic E-state index is 0.701. The van der Waals surface area contributed by atoms with Gasteiger partial charge in [-0.1, -0.05) is 13.3 Å². The summed E-state index contributed by atoms with van der Waals surface area (Å²) in [4.78, 5) is 2.64. The molecule has 0 amide bonds. The van der Waals surface area contributed by atoms with Crippen molar-refractivity contribution in [3.63, 3.8) is 0 Å². The molecule has 3 nitrogen and oxygen atoms in total. The van der Waals surface area contributed by atoms with Crippen LogP contribution >= 0.6 is 0 Å². The molecule has 2 aliphatic rings. The molecule has 0 saturated carbocycles. The summed E-state index contributed by atoms with van der Waals surface area (Å²) in [6, 6.07) is 0.701. The highest BCUT2D eigenvalue weighted by atomic mass is 16.5. The molecule has 2 saturated heterocycles. The number of rotatable bonds is 5. The van der Waals surface area contributed by atoms with E-state index < -0.39 is 0 Å². The molecule has 2 aliphatic heterocycles. The molecular weight excluding hydrogens is 212 g/mol. The second kappa shape index (κ2) is 7.34. The highest BCUT2D eigenvalue weighted by Gasteiger charge is 2.16. The molecule has 2 heterocycles. The van der Waals surface area contributed by atoms with Crippen LogP contribution in [0.25, 0.3) is 0 Å². The average molecular weight is 240 g/mol. The second-order valence-electron chi connectivity index (χ2n) is 5.76. The Labute approximate surface area is 106 Å². The lowest BCUT2D eigenvalue weighted by atomic mass is 10.1. The summed E-state index contributed by atoms with van der Waals surface area (Å²) >= 11 is 0. The molecule has 3 heteroatoms. The van der Waals surface area contributed by atoms with Gasteiger partial charge >= 0.3 is 0 Å². The van der Waals surface area contributed by atoms with Crippen LogP contribution in [0.3, 0.4) is 0 Å². The van der Waals surface area contributed by atoms with E-state index in [9.17, 15) is 0 Å². The fraction of sp³-hybridized carbons (Fsp3) is 1.00. The Hall–Kier alpha value is -0.120. The summed E-state index contributed by atoms with van der Waals surface area (Å²) in [6.07, 6.45) is 6.62. The molecular formula is C14H28N2O. The van der Waals surface area contributed by atoms with E-state index in [4.69, 9.17) is 4.74 Å². The van der Waals surface area contributed by atoms with Gasteiger partial charge in [0.15, 0.2) is 0 Å². The predicted molar refractivity (Wildman–Crippen MR) is 71.3 cm³/mol. The molecule has 0 aromatic heterocycles. The van der Waals surface area contributed by atoms with Gasteiger partial charge in [-0.25, -0.2) is 0 Å². The maximum absolute atomic E-state index is 5.38. The predicted octanol–water partition coefficient (Wildman–Crippen LogP) is 1.88. The molecule has 2 fully saturated rings. The minimum absolute atomic E-state index is 0.701. The van der Waals surface area contributed by atoms with Crippen molar-refractivity contribution in [3.05, 3.63) is 0 Å². The van der Waals surface area contributed by atoms with Crippen molar-refractivity contribution in [2.24, 2.45) is 5.92 Å². The van der Waals surface area contributed by atoms with Crippen molar-refractivity contribution in [2.75, 3.05) is 39.4 Å². The fourth-order valence-corrected chi connectivity index (χ4v) is 2.92. The number of nitrogens with zero attached hydrogens (tertiary/aromatic N) is 1. The molecule has 1 atom stereocenters. The van der Waals surface area contributed by atoms with Gasteiger partial charge in [0.05, 0.1) is 0 Å². The van der Waals surface area contributed by atoms with E-state index in [1.54, 1.807) is 0 Å². The summed E-state index contributed by atoms with van der Waals surface area (Å²) in [6.45, 7) is 9.35. The third-order valence-electron chi connectivity index (χ3n) is 3.99. The molecule has 0 radical (unpaired) electrons. The molecule has 0 aromatic carbocycles. The first kappa shape index (κ1) is 13.3. The van der Waals surface area contributed by atoms with E-state index >= 15 is 0 Å². The van der Waals surface area contributed by atoms with Crippen molar-refractivity contribution in [2.45, 2.75) is 45.1 Å². The van der Waals surface area contributed by atoms with Gasteiger partial charge in [0.1, 0.15) is 0 Å². The van der Waals surface area contributed by atoms with Crippen LogP contribution in [0, 0.1) is 5.92 Å². The number of nitrogens with one attached hydrogen (secondary N) is 1. The summed E-state index contributed by atoms with van der Waals surface area (Å²) < 4.78 is 5.38. The number of hydrogen-bond acceptors (Lipinski definition) is 3. The van der Waals surface area contributed by atoms with Crippen LogP contribution in [-0.2, 0) is 4.74 Å². The van der Waals surface area contributed by atoms with E-state index in [1.807, 2.05) is 0 Å². The lowest BCUT2D eigenvalue weighted by molar-refractivity contribution is 0.0763. The van der Waals surface area contributed by atoms with Gasteiger partial charge in [-0.2, -0.15) is 0 Å². The Bertz CT molecular complexity index is 198. The Morgan fingerprint density at radius 3 is 2.59 bits per heavy atom. The first-order valence-electron chi connectivity index (χ1n) is 7.38. The Morgan fingerprint density at radius 2 is 1.88 bits per heavy atom. The summed E-state index contributed by atoms with van der Waals surface area (Å²) in [5, 5.41) is 3.70. The van der Waals surface area contributed by atoms with Gasteiger partial charge in [-0.3, -0.25) is 0 Å². The van der Waals surface area contributed by atoms with Crippen LogP contribution < -0.4 is 5.32 Å². The van der Waals surface area contributed by atoms with Crippen LogP contribution in [0.4, 0.5) is 0 Å². The second-order valence-corrected chi connectivity index (χ2v) is 5.76. The van der Waals surface area contributed by atoms with Gasteiger partial charge in [0.25, 0.3) is 0 Å². The Morgan fingerprint density at radius 1 is 1.18 bits per heavy atom. The van der Waals surface area contributed by atoms with E-state index in [0.717, 1.165) is 19.1 Å². The lowest BCUT2D eigenvalue weighted by Crippen LogP contribution is -2.41. The summed E-state index contributed by atoms with van der Waals surface area (Å²) in [7, 11) is 0. The molecule has 1 N–H and O–H groups in total. The largest absolute Gasteiger partial charge is 0.381 e. The summed E-state index contributed by atoms with van der Waals surface area (Å²) in [5.41, 5.74) is 0. The van der Waals surface area contributed by atoms with Crippen molar-refractivity contribution >= 4 is 0 Å². The Kier molecular flexibility index (Phi) is 5.75. The van der Waals surface area contributed by atoms with Crippen molar-refractivity contribution in [1.82, 2.24) is 10.2 Å². The molecule has 0 spiro atoms. The first-order valence-corrected chi connectivity index (χ1v) is 7.38. The van der Waals surface area contributed by atoms with Crippen molar-refractivity contribution in [1.29, 1.82) is 0 Å². The van der Waals surface area contributed by atoms with Gasteiger partial charge in [-0.15, -0.1) is 0 Å². The zero-order chi connectivity index (χ0) is 11.9. The normalized spacial score (nSPS) is 25.9. The highest BCUT2D eigenvalue weighted by Crippen LogP contribution is 2.11. The zero-order valence-corrected chi connectivity index (χ0v) is 11.3. The van der Waals surface area contributed by atoms with Crippen LogP contribution in [0.15, 0.2) is 0 Å². The van der Waals surface area contributed by atoms with E-state index in [-0.39, 0.29) is 0 Å². The van der Waals surface area contributed by atoms with E-state index in [1.165, 1.54) is 58.3 Å². The standard InChI is InChI=1S/C14H28N2O/c1-13(12-16-7-3-2-4-8-16)11-15-14-5-9-17-10-6-14/h13-15H,2-12H2,1H3. The molecule has 17 heavy (non-hydrogen) atoms. The van der Waals surface area contributed by atoms with Crippen molar-refractivity contribution in [3.8, 4) is 0 Å². The summed E-state index contributed by atoms with van der Waals surface area (Å²) in [5.74, 6) is 0.774. The minimum Gasteiger partial charge on any atom is -0.381 e. The zero-order valence-electron chi connectivity index (χ0n) is 11.3. The molecule has 0 aromatic rings. The maximum atomic E-state index is 5.38. The van der Waals surface area contributed by atoms with E-state index in [0.29, 0.717) is 6.04 Å². The van der Waals surface area contributed by atoms with Gasteiger partial charge in [-0.05, 0) is 51.2 Å². The van der Waals surface area contributed by atoms with Crippen LogP contribution in [0.5, 0.6) is 0 Å². The first-order chi connectivity index (χ1) is 8.34. The number of hydrogen-bond donors (Lipinski definition) is 1. The average Bonchev–Trinajstić information content (AvgIpc) is 2.39. The van der Waals surface area contributed by atoms with E-state index in [2.05, 4.69) is 17.1 Å². The van der Waals surface area contributed by atoms with Crippen LogP contribution in [0.1, 0.15) is 39.0 Å². The smallest absolute Gasteiger partial charge is 0.0480 e. The van der Waals surface area contributed by atoms with Gasteiger partial charge in [0.2, 0.25) is 0 Å². The third-order valence-corrected chi connectivity index (χ3v) is 3.99. The Balaban J connectivity index is 1.57. The molecule has 1 unspecified atom stereocenters. The van der Waals surface area contributed by atoms with Crippen molar-refractivity contribution < 1.29 is 4.74 Å². The number of piperidine rings is 1. The number of ether oxygens (including phenoxy) is 1. The van der Waals surface area contributed by atoms with Gasteiger partial charge in [0, 0.05) is 25.8 Å².